The molecule has 1 aromatic carbocycles. The number of carbonyl (C=O) groups is 2. The molecule has 26 heavy (non-hydrogen) atoms. The zero-order chi connectivity index (χ0) is 18.1. The number of nitrogens with zero attached hydrogens (tertiary/aromatic N) is 3. The van der Waals surface area contributed by atoms with Gasteiger partial charge >= 0.3 is 0 Å². The molecule has 7 heteroatoms. The first-order valence-electron chi connectivity index (χ1n) is 8.66. The van der Waals surface area contributed by atoms with Crippen molar-refractivity contribution in [3.8, 4) is 0 Å². The number of fused-ring (bicyclic) bond motifs is 1. The molecule has 2 aromatic heterocycles. The highest BCUT2D eigenvalue weighted by atomic mass is 16.3. The van der Waals surface area contributed by atoms with Crippen LogP contribution in [0.3, 0.4) is 0 Å². The Morgan fingerprint density at radius 3 is 2.65 bits per heavy atom. The van der Waals surface area contributed by atoms with E-state index in [0.29, 0.717) is 55.2 Å². The standard InChI is InChI=1S/C19H20N4O3/c1-13-21-16-11-14(4-5-17(16)26-13)19(25)23-9-7-22(8-10-23)18(24)12-15-3-2-6-20-15/h2-6,11,20H,7-10,12H2,1H3. The molecule has 2 amide bonds. The lowest BCUT2D eigenvalue weighted by Crippen LogP contribution is -2.51. The van der Waals surface area contributed by atoms with Crippen molar-refractivity contribution >= 4 is 22.9 Å². The van der Waals surface area contributed by atoms with Gasteiger partial charge in [-0.2, -0.15) is 0 Å². The maximum absolute atomic E-state index is 12.7. The van der Waals surface area contributed by atoms with Gasteiger partial charge in [0.05, 0.1) is 6.42 Å². The van der Waals surface area contributed by atoms with Crippen molar-refractivity contribution in [3.63, 3.8) is 0 Å². The fraction of sp³-hybridized carbons (Fsp3) is 0.316. The summed E-state index contributed by atoms with van der Waals surface area (Å²) in [5.74, 6) is 0.627. The first-order valence-corrected chi connectivity index (χ1v) is 8.66. The monoisotopic (exact) mass is 352 g/mol. The molecule has 0 saturated carbocycles. The van der Waals surface area contributed by atoms with Crippen LogP contribution >= 0.6 is 0 Å². The molecule has 4 rings (SSSR count). The summed E-state index contributed by atoms with van der Waals surface area (Å²) in [6.45, 7) is 3.95. The number of oxazole rings is 1. The Morgan fingerprint density at radius 1 is 1.15 bits per heavy atom. The minimum absolute atomic E-state index is 0.0379. The van der Waals surface area contributed by atoms with Crippen LogP contribution < -0.4 is 0 Å². The Kier molecular flexibility index (Phi) is 4.20. The van der Waals surface area contributed by atoms with E-state index in [0.717, 1.165) is 5.69 Å². The number of amides is 2. The molecule has 1 fully saturated rings. The number of piperazine rings is 1. The van der Waals surface area contributed by atoms with E-state index in [9.17, 15) is 9.59 Å². The van der Waals surface area contributed by atoms with Gasteiger partial charge in [0.15, 0.2) is 11.5 Å². The van der Waals surface area contributed by atoms with Gasteiger partial charge in [-0.1, -0.05) is 0 Å². The van der Waals surface area contributed by atoms with Crippen molar-refractivity contribution < 1.29 is 14.0 Å². The van der Waals surface area contributed by atoms with Gasteiger partial charge < -0.3 is 19.2 Å². The molecule has 7 nitrogen and oxygen atoms in total. The van der Waals surface area contributed by atoms with Crippen molar-refractivity contribution in [3.05, 3.63) is 53.7 Å². The Labute approximate surface area is 150 Å². The van der Waals surface area contributed by atoms with E-state index in [2.05, 4.69) is 9.97 Å². The van der Waals surface area contributed by atoms with Crippen LogP contribution in [0, 0.1) is 6.92 Å². The normalized spacial score (nSPS) is 14.8. The molecule has 0 unspecified atom stereocenters. The molecule has 134 valence electrons. The number of H-pyrrole nitrogens is 1. The first-order chi connectivity index (χ1) is 12.6. The number of rotatable bonds is 3. The maximum atomic E-state index is 12.7. The molecule has 3 heterocycles. The van der Waals surface area contributed by atoms with Crippen LogP contribution in [-0.2, 0) is 11.2 Å². The highest BCUT2D eigenvalue weighted by Gasteiger charge is 2.25. The summed E-state index contributed by atoms with van der Waals surface area (Å²) in [7, 11) is 0. The molecule has 3 aromatic rings. The summed E-state index contributed by atoms with van der Waals surface area (Å²) in [6, 6.07) is 9.08. The molecule has 1 N–H and O–H groups in total. The second kappa shape index (κ2) is 6.67. The molecule has 1 saturated heterocycles. The van der Waals surface area contributed by atoms with E-state index < -0.39 is 0 Å². The second-order valence-corrected chi connectivity index (χ2v) is 6.46. The topological polar surface area (TPSA) is 82.4 Å². The van der Waals surface area contributed by atoms with Crippen LogP contribution in [-0.4, -0.2) is 57.8 Å². The number of carbonyl (C=O) groups excluding carboxylic acids is 2. The third-order valence-electron chi connectivity index (χ3n) is 4.67. The molecule has 1 aliphatic rings. The van der Waals surface area contributed by atoms with Gasteiger partial charge in [0.2, 0.25) is 5.91 Å². The van der Waals surface area contributed by atoms with Crippen LogP contribution in [0.4, 0.5) is 0 Å². The van der Waals surface area contributed by atoms with Crippen LogP contribution in [0.15, 0.2) is 40.9 Å². The Bertz CT molecular complexity index is 937. The molecular weight excluding hydrogens is 332 g/mol. The van der Waals surface area contributed by atoms with E-state index >= 15 is 0 Å². The summed E-state index contributed by atoms with van der Waals surface area (Å²) in [5.41, 5.74) is 2.87. The van der Waals surface area contributed by atoms with Gasteiger partial charge in [-0.15, -0.1) is 0 Å². The van der Waals surface area contributed by atoms with E-state index in [1.807, 2.05) is 23.2 Å². The predicted molar refractivity (Wildman–Crippen MR) is 95.7 cm³/mol. The van der Waals surface area contributed by atoms with Gasteiger partial charge in [0.25, 0.3) is 5.91 Å². The van der Waals surface area contributed by atoms with Gasteiger partial charge in [-0.05, 0) is 30.3 Å². The minimum Gasteiger partial charge on any atom is -0.441 e. The van der Waals surface area contributed by atoms with E-state index in [1.54, 1.807) is 30.0 Å². The van der Waals surface area contributed by atoms with Gasteiger partial charge in [-0.25, -0.2) is 4.98 Å². The molecule has 0 spiro atoms. The van der Waals surface area contributed by atoms with Crippen molar-refractivity contribution in [1.82, 2.24) is 19.8 Å². The van der Waals surface area contributed by atoms with Crippen molar-refractivity contribution in [2.45, 2.75) is 13.3 Å². The summed E-state index contributed by atoms with van der Waals surface area (Å²) in [6.07, 6.45) is 2.18. The molecular formula is C19H20N4O3. The predicted octanol–water partition coefficient (Wildman–Crippen LogP) is 1.99. The smallest absolute Gasteiger partial charge is 0.254 e. The maximum Gasteiger partial charge on any atom is 0.254 e. The number of hydrogen-bond acceptors (Lipinski definition) is 4. The minimum atomic E-state index is -0.0379. The van der Waals surface area contributed by atoms with Crippen LogP contribution in [0.5, 0.6) is 0 Å². The lowest BCUT2D eigenvalue weighted by Gasteiger charge is -2.34. The third kappa shape index (κ3) is 3.20. The zero-order valence-corrected chi connectivity index (χ0v) is 14.6. The molecule has 0 radical (unpaired) electrons. The molecule has 0 atom stereocenters. The highest BCUT2D eigenvalue weighted by Crippen LogP contribution is 2.18. The molecule has 0 aliphatic carbocycles. The van der Waals surface area contributed by atoms with Gasteiger partial charge in [0, 0.05) is 50.6 Å². The van der Waals surface area contributed by atoms with Crippen molar-refractivity contribution in [2.75, 3.05) is 26.2 Å². The molecule has 0 bridgehead atoms. The van der Waals surface area contributed by atoms with Gasteiger partial charge in [0.1, 0.15) is 5.52 Å². The van der Waals surface area contributed by atoms with E-state index in [1.165, 1.54) is 0 Å². The zero-order valence-electron chi connectivity index (χ0n) is 14.6. The van der Waals surface area contributed by atoms with Crippen LogP contribution in [0.1, 0.15) is 21.9 Å². The van der Waals surface area contributed by atoms with Crippen molar-refractivity contribution in [1.29, 1.82) is 0 Å². The largest absolute Gasteiger partial charge is 0.441 e. The fourth-order valence-corrected chi connectivity index (χ4v) is 3.27. The number of aromatic amines is 1. The first kappa shape index (κ1) is 16.4. The summed E-state index contributed by atoms with van der Waals surface area (Å²) >= 11 is 0. The average molecular weight is 352 g/mol. The number of hydrogen-bond donors (Lipinski definition) is 1. The lowest BCUT2D eigenvalue weighted by atomic mass is 10.1. The third-order valence-corrected chi connectivity index (χ3v) is 4.67. The highest BCUT2D eigenvalue weighted by molar-refractivity contribution is 5.97. The number of nitrogens with one attached hydrogen (secondary N) is 1. The summed E-state index contributed by atoms with van der Waals surface area (Å²) in [4.78, 5) is 36.0. The SMILES string of the molecule is Cc1nc2cc(C(=O)N3CCN(C(=O)Cc4ccc[nH]4)CC3)ccc2o1. The van der Waals surface area contributed by atoms with Crippen molar-refractivity contribution in [2.24, 2.45) is 0 Å². The molecule has 1 aliphatic heterocycles. The Hall–Kier alpha value is -3.09. The van der Waals surface area contributed by atoms with Crippen LogP contribution in [0.2, 0.25) is 0 Å². The lowest BCUT2D eigenvalue weighted by molar-refractivity contribution is -0.132. The second-order valence-electron chi connectivity index (χ2n) is 6.46. The quantitative estimate of drug-likeness (QED) is 0.781. The van der Waals surface area contributed by atoms with Crippen LogP contribution in [0.25, 0.3) is 11.1 Å². The number of aromatic nitrogens is 2. The fourth-order valence-electron chi connectivity index (χ4n) is 3.27. The number of aryl methyl sites for hydroxylation is 1. The summed E-state index contributed by atoms with van der Waals surface area (Å²) in [5, 5.41) is 0. The van der Waals surface area contributed by atoms with E-state index in [4.69, 9.17) is 4.42 Å². The average Bonchev–Trinajstić information content (AvgIpc) is 3.28. The number of benzene rings is 1. The van der Waals surface area contributed by atoms with Gasteiger partial charge in [-0.3, -0.25) is 9.59 Å². The Balaban J connectivity index is 1.38. The summed E-state index contributed by atoms with van der Waals surface area (Å²) < 4.78 is 5.45. The Morgan fingerprint density at radius 2 is 1.92 bits per heavy atom. The van der Waals surface area contributed by atoms with E-state index in [-0.39, 0.29) is 11.8 Å².